The molecule has 6 nitrogen and oxygen atoms in total. The van der Waals surface area contributed by atoms with E-state index in [9.17, 15) is 9.59 Å². The number of rotatable bonds is 7. The van der Waals surface area contributed by atoms with Crippen LogP contribution in [0, 0.1) is 0 Å². The number of hydrogen-bond acceptors (Lipinski definition) is 6. The third-order valence-corrected chi connectivity index (χ3v) is 7.06. The van der Waals surface area contributed by atoms with Crippen LogP contribution >= 0.6 is 46.3 Å². The highest BCUT2D eigenvalue weighted by Gasteiger charge is 2.16. The van der Waals surface area contributed by atoms with E-state index in [0.29, 0.717) is 36.9 Å². The Kier molecular flexibility index (Phi) is 7.05. The van der Waals surface area contributed by atoms with Crippen LogP contribution in [0.2, 0.25) is 10.0 Å². The Bertz CT molecular complexity index is 1350. The SMILES string of the molecule is COc1ccc(Cl)cc1NC(=O)CSc1nc2ccsc2c(=O)n1Cc1ccccc1Cl. The van der Waals surface area contributed by atoms with Gasteiger partial charge in [0.25, 0.3) is 5.56 Å². The van der Waals surface area contributed by atoms with Crippen molar-refractivity contribution in [3.8, 4) is 5.75 Å². The molecule has 0 aliphatic rings. The largest absolute Gasteiger partial charge is 0.495 e. The average molecular weight is 506 g/mol. The number of thiophene rings is 1. The van der Waals surface area contributed by atoms with Gasteiger partial charge in [-0.05, 0) is 41.3 Å². The van der Waals surface area contributed by atoms with Gasteiger partial charge in [0, 0.05) is 10.0 Å². The van der Waals surface area contributed by atoms with Crippen molar-refractivity contribution in [3.63, 3.8) is 0 Å². The van der Waals surface area contributed by atoms with Gasteiger partial charge in [-0.25, -0.2) is 4.98 Å². The highest BCUT2D eigenvalue weighted by atomic mass is 35.5. The van der Waals surface area contributed by atoms with Crippen molar-refractivity contribution in [2.24, 2.45) is 0 Å². The number of aromatic nitrogens is 2. The van der Waals surface area contributed by atoms with Gasteiger partial charge in [-0.3, -0.25) is 14.2 Å². The second-order valence-corrected chi connectivity index (χ2v) is 9.40. The number of carbonyl (C=O) groups is 1. The zero-order valence-corrected chi connectivity index (χ0v) is 19.9. The van der Waals surface area contributed by atoms with Crippen LogP contribution in [0.4, 0.5) is 5.69 Å². The van der Waals surface area contributed by atoms with Gasteiger partial charge in [0.05, 0.1) is 30.6 Å². The number of hydrogen-bond donors (Lipinski definition) is 1. The van der Waals surface area contributed by atoms with Crippen LogP contribution in [0.3, 0.4) is 0 Å². The maximum atomic E-state index is 13.1. The van der Waals surface area contributed by atoms with Crippen molar-refractivity contribution in [1.29, 1.82) is 0 Å². The Morgan fingerprint density at radius 3 is 2.81 bits per heavy atom. The van der Waals surface area contributed by atoms with Crippen LogP contribution in [0.25, 0.3) is 10.2 Å². The van der Waals surface area contributed by atoms with Gasteiger partial charge in [0.1, 0.15) is 10.4 Å². The molecular weight excluding hydrogens is 489 g/mol. The molecule has 4 rings (SSSR count). The maximum absolute atomic E-state index is 13.1. The average Bonchev–Trinajstić information content (AvgIpc) is 3.25. The standard InChI is InChI=1S/C22H17Cl2N3O3S2/c1-30-18-7-6-14(23)10-17(18)25-19(28)12-32-22-26-16-8-9-31-20(16)21(29)27(22)11-13-4-2-3-5-15(13)24/h2-10H,11-12H2,1H3,(H,25,28). The third kappa shape index (κ3) is 4.94. The summed E-state index contributed by atoms with van der Waals surface area (Å²) in [6, 6.07) is 14.1. The molecule has 2 aromatic heterocycles. The van der Waals surface area contributed by atoms with Crippen molar-refractivity contribution in [3.05, 3.63) is 79.9 Å². The zero-order chi connectivity index (χ0) is 22.7. The van der Waals surface area contributed by atoms with E-state index >= 15 is 0 Å². The second kappa shape index (κ2) is 9.95. The summed E-state index contributed by atoms with van der Waals surface area (Å²) in [5.74, 6) is 0.265. The topological polar surface area (TPSA) is 73.2 Å². The number of fused-ring (bicyclic) bond motifs is 1. The summed E-state index contributed by atoms with van der Waals surface area (Å²) in [6.07, 6.45) is 0. The summed E-state index contributed by atoms with van der Waals surface area (Å²) in [6.45, 7) is 0.255. The molecule has 0 aliphatic heterocycles. The molecule has 10 heteroatoms. The highest BCUT2D eigenvalue weighted by Crippen LogP contribution is 2.28. The van der Waals surface area contributed by atoms with Gasteiger partial charge < -0.3 is 10.1 Å². The van der Waals surface area contributed by atoms with Crippen molar-refractivity contribution in [2.45, 2.75) is 11.7 Å². The molecule has 0 unspecified atom stereocenters. The second-order valence-electron chi connectivity index (χ2n) is 6.69. The van der Waals surface area contributed by atoms with E-state index in [0.717, 1.165) is 5.56 Å². The smallest absolute Gasteiger partial charge is 0.272 e. The Labute approximate surface area is 202 Å². The third-order valence-electron chi connectivity index (χ3n) is 4.59. The molecule has 164 valence electrons. The molecular formula is C22H17Cl2N3O3S2. The lowest BCUT2D eigenvalue weighted by Gasteiger charge is -2.14. The van der Waals surface area contributed by atoms with Gasteiger partial charge in [-0.1, -0.05) is 53.2 Å². The van der Waals surface area contributed by atoms with Crippen molar-refractivity contribution >= 4 is 68.1 Å². The van der Waals surface area contributed by atoms with E-state index in [-0.39, 0.29) is 23.8 Å². The van der Waals surface area contributed by atoms with Crippen LogP contribution in [0.5, 0.6) is 5.75 Å². The number of amides is 1. The van der Waals surface area contributed by atoms with Gasteiger partial charge in [0.15, 0.2) is 5.16 Å². The minimum absolute atomic E-state index is 0.0419. The Morgan fingerprint density at radius 1 is 1.22 bits per heavy atom. The number of thioether (sulfide) groups is 1. The first-order chi connectivity index (χ1) is 15.5. The monoisotopic (exact) mass is 505 g/mol. The van der Waals surface area contributed by atoms with Gasteiger partial charge in [-0.15, -0.1) is 11.3 Å². The minimum Gasteiger partial charge on any atom is -0.495 e. The lowest BCUT2D eigenvalue weighted by molar-refractivity contribution is -0.113. The minimum atomic E-state index is -0.278. The van der Waals surface area contributed by atoms with E-state index < -0.39 is 0 Å². The number of halogens is 2. The van der Waals surface area contributed by atoms with Gasteiger partial charge in [-0.2, -0.15) is 0 Å². The van der Waals surface area contributed by atoms with E-state index in [1.807, 2.05) is 23.6 Å². The number of carbonyl (C=O) groups excluding carboxylic acids is 1. The summed E-state index contributed by atoms with van der Waals surface area (Å²) < 4.78 is 7.38. The first-order valence-electron chi connectivity index (χ1n) is 9.44. The number of anilines is 1. The molecule has 0 spiro atoms. The molecule has 0 saturated heterocycles. The summed E-state index contributed by atoms with van der Waals surface area (Å²) in [7, 11) is 1.51. The first kappa shape index (κ1) is 22.7. The zero-order valence-electron chi connectivity index (χ0n) is 16.8. The van der Waals surface area contributed by atoms with Crippen LogP contribution in [0.1, 0.15) is 5.56 Å². The van der Waals surface area contributed by atoms with Gasteiger partial charge >= 0.3 is 0 Å². The summed E-state index contributed by atoms with van der Waals surface area (Å²) in [5, 5.41) is 6.10. The molecule has 1 N–H and O–H groups in total. The molecule has 0 fully saturated rings. The Balaban J connectivity index is 1.60. The molecule has 0 saturated carbocycles. The Morgan fingerprint density at radius 2 is 2.03 bits per heavy atom. The molecule has 0 aliphatic carbocycles. The van der Waals surface area contributed by atoms with Crippen molar-refractivity contribution < 1.29 is 9.53 Å². The molecule has 2 heterocycles. The molecule has 0 atom stereocenters. The number of benzene rings is 2. The fourth-order valence-electron chi connectivity index (χ4n) is 3.06. The molecule has 32 heavy (non-hydrogen) atoms. The van der Waals surface area contributed by atoms with Crippen LogP contribution in [0.15, 0.2) is 63.9 Å². The lowest BCUT2D eigenvalue weighted by Crippen LogP contribution is -2.24. The number of nitrogens with zero attached hydrogens (tertiary/aromatic N) is 2. The fourth-order valence-corrected chi connectivity index (χ4v) is 5.01. The number of nitrogens with one attached hydrogen (secondary N) is 1. The van der Waals surface area contributed by atoms with Crippen LogP contribution in [-0.2, 0) is 11.3 Å². The Hall–Kier alpha value is -2.52. The molecule has 4 aromatic rings. The first-order valence-corrected chi connectivity index (χ1v) is 12.1. The predicted molar refractivity (Wildman–Crippen MR) is 132 cm³/mol. The molecule has 2 aromatic carbocycles. The van der Waals surface area contributed by atoms with E-state index in [1.54, 1.807) is 34.9 Å². The van der Waals surface area contributed by atoms with E-state index in [4.69, 9.17) is 27.9 Å². The summed E-state index contributed by atoms with van der Waals surface area (Å²) in [5.41, 5.74) is 1.71. The predicted octanol–water partition coefficient (Wildman–Crippen LogP) is 5.55. The van der Waals surface area contributed by atoms with E-state index in [1.165, 1.54) is 30.2 Å². The van der Waals surface area contributed by atoms with Crippen LogP contribution < -0.4 is 15.6 Å². The fraction of sp³-hybridized carbons (Fsp3) is 0.136. The molecule has 0 bridgehead atoms. The molecule has 1 amide bonds. The summed E-state index contributed by atoms with van der Waals surface area (Å²) >= 11 is 14.9. The number of methoxy groups -OCH3 is 1. The summed E-state index contributed by atoms with van der Waals surface area (Å²) in [4.78, 5) is 30.4. The van der Waals surface area contributed by atoms with Crippen molar-refractivity contribution in [1.82, 2.24) is 9.55 Å². The molecule has 0 radical (unpaired) electrons. The van der Waals surface area contributed by atoms with Crippen molar-refractivity contribution in [2.75, 3.05) is 18.2 Å². The normalized spacial score (nSPS) is 11.0. The van der Waals surface area contributed by atoms with Crippen LogP contribution in [-0.4, -0.2) is 28.3 Å². The quantitative estimate of drug-likeness (QED) is 0.263. The number of ether oxygens (including phenoxy) is 1. The highest BCUT2D eigenvalue weighted by molar-refractivity contribution is 7.99. The van der Waals surface area contributed by atoms with Gasteiger partial charge in [0.2, 0.25) is 5.91 Å². The maximum Gasteiger partial charge on any atom is 0.272 e. The van der Waals surface area contributed by atoms with E-state index in [2.05, 4.69) is 10.3 Å². The lowest BCUT2D eigenvalue weighted by atomic mass is 10.2.